The molecule has 0 spiro atoms. The van der Waals surface area contributed by atoms with Gasteiger partial charge in [0.1, 0.15) is 0 Å². The lowest BCUT2D eigenvalue weighted by Crippen LogP contribution is -2.26. The largest absolute Gasteiger partial charge is 0.417 e. The molecular formula is C87H106F6O3. The van der Waals surface area contributed by atoms with E-state index in [2.05, 4.69) is 113 Å². The molecule has 0 amide bonds. The third-order valence-electron chi connectivity index (χ3n) is 20.8. The number of carbonyl (C=O) groups excluding carboxylic acids is 3. The molecule has 514 valence electrons. The predicted octanol–water partition coefficient (Wildman–Crippen LogP) is 26.3. The van der Waals surface area contributed by atoms with Gasteiger partial charge in [-0.25, -0.2) is 0 Å². The Morgan fingerprint density at radius 2 is 0.938 bits per heavy atom. The SMILES string of the molecule is CC(C)=C(C)c1ccc(C2CCC[C@@](C)(CC(C)C)C2)cc1C(=O)c1ccccc1C(C)C.CC(C)c1ccccc1C(=O)c1cc(C(C)CC(C)c2ccccc2)ccc1C(F)(F)F.CCC1CCCC(C(C)c2ccc(C(F)(F)F)c(C(=O)c3ccccc3C(C)C)c2)C1. The second kappa shape index (κ2) is 33.4. The van der Waals surface area contributed by atoms with Crippen molar-refractivity contribution in [2.45, 2.75) is 235 Å². The Morgan fingerprint density at radius 1 is 0.479 bits per heavy atom. The van der Waals surface area contributed by atoms with Crippen molar-refractivity contribution in [3.05, 3.63) is 252 Å². The molecule has 9 rings (SSSR count). The summed E-state index contributed by atoms with van der Waals surface area (Å²) in [5, 5.41) is 0. The minimum Gasteiger partial charge on any atom is -0.289 e. The number of carbonyl (C=O) groups is 3. The van der Waals surface area contributed by atoms with Crippen LogP contribution in [-0.2, 0) is 12.4 Å². The van der Waals surface area contributed by atoms with Crippen LogP contribution in [0.4, 0.5) is 26.3 Å². The number of ketones is 3. The van der Waals surface area contributed by atoms with Crippen molar-refractivity contribution in [2.75, 3.05) is 0 Å². The Kier molecular flexibility index (Phi) is 26.5. The molecule has 9 heteroatoms. The van der Waals surface area contributed by atoms with Crippen molar-refractivity contribution in [2.24, 2.45) is 23.2 Å². The second-order valence-electron chi connectivity index (χ2n) is 29.9. The van der Waals surface area contributed by atoms with Gasteiger partial charge in [0.05, 0.1) is 11.1 Å². The lowest BCUT2D eigenvalue weighted by atomic mass is 9.65. The summed E-state index contributed by atoms with van der Waals surface area (Å²) in [6, 6.07) is 47.1. The first-order valence-electron chi connectivity index (χ1n) is 35.4. The maximum atomic E-state index is 14.0. The van der Waals surface area contributed by atoms with Crippen LogP contribution >= 0.6 is 0 Å². The number of allylic oxidation sites excluding steroid dienone is 2. The van der Waals surface area contributed by atoms with Gasteiger partial charge in [-0.15, -0.1) is 0 Å². The highest BCUT2D eigenvalue weighted by molar-refractivity contribution is 6.13. The van der Waals surface area contributed by atoms with Crippen LogP contribution in [0, 0.1) is 23.2 Å². The van der Waals surface area contributed by atoms with E-state index in [4.69, 9.17) is 0 Å². The Bertz CT molecular complexity index is 3780. The highest BCUT2D eigenvalue weighted by Crippen LogP contribution is 2.49. The lowest BCUT2D eigenvalue weighted by molar-refractivity contribution is -0.138. The van der Waals surface area contributed by atoms with E-state index < -0.39 is 35.0 Å². The summed E-state index contributed by atoms with van der Waals surface area (Å²) in [7, 11) is 0. The summed E-state index contributed by atoms with van der Waals surface area (Å²) in [4.78, 5) is 40.8. The first-order chi connectivity index (χ1) is 45.2. The highest BCUT2D eigenvalue weighted by Gasteiger charge is 2.39. The van der Waals surface area contributed by atoms with Crippen molar-refractivity contribution < 1.29 is 40.7 Å². The topological polar surface area (TPSA) is 51.2 Å². The van der Waals surface area contributed by atoms with Crippen LogP contribution in [0.3, 0.4) is 0 Å². The van der Waals surface area contributed by atoms with Crippen molar-refractivity contribution in [3.8, 4) is 0 Å². The van der Waals surface area contributed by atoms with Gasteiger partial charge in [0.2, 0.25) is 0 Å². The van der Waals surface area contributed by atoms with E-state index in [1.54, 1.807) is 42.5 Å². The van der Waals surface area contributed by atoms with E-state index in [0.717, 1.165) is 88.2 Å². The molecule has 3 nitrogen and oxygen atoms in total. The fourth-order valence-electron chi connectivity index (χ4n) is 15.3. The van der Waals surface area contributed by atoms with Gasteiger partial charge in [-0.05, 0) is 211 Å². The van der Waals surface area contributed by atoms with E-state index in [-0.39, 0.29) is 46.5 Å². The Labute approximate surface area is 571 Å². The first kappa shape index (κ1) is 76.2. The van der Waals surface area contributed by atoms with Gasteiger partial charge in [0.25, 0.3) is 0 Å². The lowest BCUT2D eigenvalue weighted by Gasteiger charge is -2.40. The molecule has 0 aliphatic heterocycles. The molecule has 2 aliphatic rings. The molecule has 7 atom stereocenters. The van der Waals surface area contributed by atoms with Crippen LogP contribution in [-0.4, -0.2) is 17.3 Å². The smallest absolute Gasteiger partial charge is 0.289 e. The number of rotatable bonds is 20. The van der Waals surface area contributed by atoms with Crippen LogP contribution in [0.5, 0.6) is 0 Å². The molecule has 0 bridgehead atoms. The van der Waals surface area contributed by atoms with Crippen molar-refractivity contribution >= 4 is 22.9 Å². The molecule has 0 aromatic heterocycles. The molecule has 2 aliphatic carbocycles. The predicted molar refractivity (Wildman–Crippen MR) is 386 cm³/mol. The number of alkyl halides is 6. The molecule has 2 fully saturated rings. The molecular weight excluding hydrogens is 1210 g/mol. The molecule has 0 radical (unpaired) electrons. The minimum absolute atomic E-state index is 0.000572. The van der Waals surface area contributed by atoms with E-state index in [1.807, 2.05) is 83.1 Å². The molecule has 6 unspecified atom stereocenters. The monoisotopic (exact) mass is 1310 g/mol. The maximum absolute atomic E-state index is 14.0. The molecule has 7 aromatic rings. The van der Waals surface area contributed by atoms with Crippen LogP contribution in [0.15, 0.2) is 163 Å². The Hall–Kier alpha value is -7.13. The highest BCUT2D eigenvalue weighted by atomic mass is 19.4. The van der Waals surface area contributed by atoms with Crippen molar-refractivity contribution in [1.29, 1.82) is 0 Å². The van der Waals surface area contributed by atoms with Crippen molar-refractivity contribution in [3.63, 3.8) is 0 Å². The Balaban J connectivity index is 0.000000203. The summed E-state index contributed by atoms with van der Waals surface area (Å²) in [6.45, 7) is 34.1. The summed E-state index contributed by atoms with van der Waals surface area (Å²) in [6.07, 6.45) is 3.69. The normalized spacial score (nSPS) is 18.4. The number of hydrogen-bond acceptors (Lipinski definition) is 3. The van der Waals surface area contributed by atoms with Crippen LogP contribution < -0.4 is 0 Å². The third-order valence-corrected chi connectivity index (χ3v) is 20.8. The maximum Gasteiger partial charge on any atom is 0.417 e. The van der Waals surface area contributed by atoms with Gasteiger partial charge in [0, 0.05) is 33.4 Å². The van der Waals surface area contributed by atoms with Crippen LogP contribution in [0.1, 0.15) is 326 Å². The number of halogens is 6. The van der Waals surface area contributed by atoms with Gasteiger partial charge in [-0.3, -0.25) is 14.4 Å². The fraction of sp³-hybridized carbons (Fsp3) is 0.460. The van der Waals surface area contributed by atoms with Gasteiger partial charge >= 0.3 is 12.4 Å². The number of benzene rings is 7. The van der Waals surface area contributed by atoms with Crippen LogP contribution in [0.25, 0.3) is 5.57 Å². The molecule has 0 saturated heterocycles. The van der Waals surface area contributed by atoms with Crippen LogP contribution in [0.2, 0.25) is 0 Å². The fourth-order valence-corrected chi connectivity index (χ4v) is 15.3. The zero-order chi connectivity index (χ0) is 70.6. The summed E-state index contributed by atoms with van der Waals surface area (Å²) < 4.78 is 82.8. The zero-order valence-electron chi connectivity index (χ0n) is 60.1. The molecule has 2 saturated carbocycles. The van der Waals surface area contributed by atoms with Gasteiger partial charge < -0.3 is 0 Å². The third kappa shape index (κ3) is 19.4. The quantitative estimate of drug-likeness (QED) is 0.0564. The zero-order valence-corrected chi connectivity index (χ0v) is 60.1. The number of hydrogen-bond donors (Lipinski definition) is 0. The van der Waals surface area contributed by atoms with E-state index in [0.29, 0.717) is 40.2 Å². The second-order valence-corrected chi connectivity index (χ2v) is 29.9. The van der Waals surface area contributed by atoms with Crippen molar-refractivity contribution in [1.82, 2.24) is 0 Å². The summed E-state index contributed by atoms with van der Waals surface area (Å²) in [5.74, 6) is 2.20. The summed E-state index contributed by atoms with van der Waals surface area (Å²) in [5.41, 5.74) is 10.9. The standard InChI is InChI=1S/C32H44O.C28H29F3O.C27H33F3O/c1-21(2)19-32(8)17-11-12-26(20-32)25-15-16-28(24(7)22(3)4)30(18-25)31(33)29-14-10-9-13-27(29)23(5)6;1-18(2)23-12-8-9-13-24(23)27(32)25-17-22(14-15-26(25)28(29,30)31)20(4)16-19(3)21-10-6-5-7-11-21;1-5-19-9-8-10-20(15-19)18(4)21-13-14-25(27(28,29)30)24(16-21)26(31)23-12-7-6-11-22(23)17(2)3/h9-10,13-16,18,21,23,26H,11-12,17,19-20H2,1-8H3;5-15,17-20H,16H2,1-4H3;6-7,11-14,16-20H,5,8-10,15H2,1-4H3/t26?,32-;;/m0../s1. The molecule has 0 heterocycles. The molecule has 7 aromatic carbocycles. The van der Waals surface area contributed by atoms with Gasteiger partial charge in [-0.2, -0.15) is 26.3 Å². The van der Waals surface area contributed by atoms with E-state index >= 15 is 0 Å². The molecule has 96 heavy (non-hydrogen) atoms. The first-order valence-corrected chi connectivity index (χ1v) is 35.4. The van der Waals surface area contributed by atoms with Gasteiger partial charge in [-0.1, -0.05) is 249 Å². The summed E-state index contributed by atoms with van der Waals surface area (Å²) >= 11 is 0. The Morgan fingerprint density at radius 3 is 1.41 bits per heavy atom. The minimum atomic E-state index is -4.60. The average Bonchev–Trinajstić information content (AvgIpc) is 0.794. The van der Waals surface area contributed by atoms with E-state index in [1.165, 1.54) is 85.4 Å². The van der Waals surface area contributed by atoms with E-state index in [9.17, 15) is 40.7 Å². The average molecular weight is 1310 g/mol. The van der Waals surface area contributed by atoms with Gasteiger partial charge in [0.15, 0.2) is 17.3 Å². The molecule has 0 N–H and O–H groups in total.